The Balaban J connectivity index is 0.000000174. The average molecular weight is 1750 g/mol. The third-order valence-electron chi connectivity index (χ3n) is 21.9. The van der Waals surface area contributed by atoms with Crippen LogP contribution in [0.2, 0.25) is 0 Å². The maximum Gasteiger partial charge on any atom is 0.417 e. The van der Waals surface area contributed by atoms with Gasteiger partial charge in [-0.1, -0.05) is 175 Å². The molecule has 3 aliphatic rings. The van der Waals surface area contributed by atoms with Gasteiger partial charge in [-0.05, 0) is 196 Å². The lowest BCUT2D eigenvalue weighted by molar-refractivity contribution is -0.144. The second-order valence-corrected chi connectivity index (χ2v) is 36.1. The van der Waals surface area contributed by atoms with Gasteiger partial charge in [0.15, 0.2) is 50.9 Å². The van der Waals surface area contributed by atoms with E-state index in [1.54, 1.807) is 53.1 Å². The number of nitrogens with zero attached hydrogens (tertiary/aromatic N) is 15. The molecule has 682 valence electrons. The summed E-state index contributed by atoms with van der Waals surface area (Å²) < 4.78 is 43.2. The third-order valence-corrected chi connectivity index (χ3v) is 21.9. The molecule has 0 atom stereocenters. The van der Waals surface area contributed by atoms with Crippen LogP contribution in [-0.2, 0) is 95.2 Å². The lowest BCUT2D eigenvalue weighted by Gasteiger charge is -2.27. The van der Waals surface area contributed by atoms with Crippen LogP contribution >= 0.6 is 0 Å². The lowest BCUT2D eigenvalue weighted by atomic mass is 9.84. The number of imidazole rings is 3. The van der Waals surface area contributed by atoms with Crippen molar-refractivity contribution in [1.29, 1.82) is 0 Å². The second kappa shape index (κ2) is 44.2. The Morgan fingerprint density at radius 2 is 0.719 bits per heavy atom. The monoisotopic (exact) mass is 1750 g/mol. The second-order valence-electron chi connectivity index (χ2n) is 36.1. The quantitative estimate of drug-likeness (QED) is 0.0278. The summed E-state index contributed by atoms with van der Waals surface area (Å²) in [5, 5.41) is 9.97. The zero-order valence-corrected chi connectivity index (χ0v) is 76.7. The van der Waals surface area contributed by atoms with Crippen molar-refractivity contribution in [1.82, 2.24) is 58.6 Å². The number of anilines is 6. The average Bonchev–Trinajstić information content (AvgIpc) is 1.60. The van der Waals surface area contributed by atoms with Gasteiger partial charge in [-0.25, -0.2) is 44.0 Å². The highest BCUT2D eigenvalue weighted by Gasteiger charge is 2.34. The Bertz CT molecular complexity index is 5460. The van der Waals surface area contributed by atoms with Crippen LogP contribution in [0.5, 0.6) is 0 Å². The van der Waals surface area contributed by atoms with Crippen molar-refractivity contribution < 1.29 is 61.6 Å². The first kappa shape index (κ1) is 94.6. The van der Waals surface area contributed by atoms with Gasteiger partial charge in [-0.2, -0.15) is 29.9 Å². The fraction of sp³-hybridized carbons (Fsp3) is 0.495. The van der Waals surface area contributed by atoms with Crippen molar-refractivity contribution in [3.05, 3.63) is 185 Å². The van der Waals surface area contributed by atoms with Crippen LogP contribution in [0.1, 0.15) is 256 Å². The van der Waals surface area contributed by atoms with Crippen molar-refractivity contribution in [2.45, 2.75) is 280 Å². The number of furan rings is 1. The van der Waals surface area contributed by atoms with Crippen LogP contribution < -0.4 is 30.7 Å². The molecule has 0 aliphatic heterocycles. The standard InChI is InChI=1S/C34H42N6O4.C32H40N6O5.C31H44N6O4/c1-5-43-28(41)22-39-23-36-29-30(35-20-24-12-8-6-9-13-24)37-32(38-31(29)39)40(33(42)44-34(2,3)4)21-25-16-18-27(19-17-25)26-14-10-7-11-15-26;1-5-41-26(39)20-37-21-34-27-28(33-18-25-12-9-17-42-25)35-30(36-29(27)37)38(31(40)43-32(2,3)4)19-22-13-15-24(16-14-22)23-10-7-6-8-11-23;1-7-40-25(38)19-36-20-33-26-27(32-17-21(2)3)34-29(35-28(26)36)37(30(39)41-31(4,5)6)18-22-13-15-24(16-14-22)23-11-9-8-10-12-23/h6,8-9,12-13,16-19,23,26H,5,7,10-11,14-15,20-22H2,1-4H3,(H,35,37,38);9,12-17,21,23H,5-8,10-11,18-20H2,1-4H3,(H,33,35,36);13-16,20-21,23H,7-12,17-19H2,1-6H3,(H,32,34,35). The van der Waals surface area contributed by atoms with Crippen molar-refractivity contribution >= 4 is 105 Å². The highest BCUT2D eigenvalue weighted by molar-refractivity contribution is 5.93. The summed E-state index contributed by atoms with van der Waals surface area (Å²) in [6, 6.07) is 39.0. The summed E-state index contributed by atoms with van der Waals surface area (Å²) in [4.78, 5) is 124. The molecule has 0 saturated heterocycles. The molecule has 3 saturated carbocycles. The molecule has 3 fully saturated rings. The van der Waals surface area contributed by atoms with E-state index in [-0.39, 0.29) is 76.9 Å². The van der Waals surface area contributed by atoms with Crippen LogP contribution in [0.15, 0.2) is 145 Å². The number of hydrogen-bond acceptors (Lipinski definition) is 25. The Hall–Kier alpha value is -12.6. The smallest absolute Gasteiger partial charge is 0.417 e. The minimum absolute atomic E-state index is 0.0561. The fourth-order valence-electron chi connectivity index (χ4n) is 15.7. The van der Waals surface area contributed by atoms with Gasteiger partial charge in [0, 0.05) is 13.1 Å². The van der Waals surface area contributed by atoms with E-state index in [9.17, 15) is 28.8 Å². The minimum Gasteiger partial charge on any atom is -0.467 e. The maximum atomic E-state index is 13.7. The van der Waals surface area contributed by atoms with Gasteiger partial charge >= 0.3 is 36.2 Å². The Labute approximate surface area is 749 Å². The molecule has 31 nitrogen and oxygen atoms in total. The number of ether oxygens (including phenoxy) is 6. The van der Waals surface area contributed by atoms with E-state index < -0.39 is 53.0 Å². The number of esters is 3. The highest BCUT2D eigenvalue weighted by atomic mass is 16.6. The predicted molar refractivity (Wildman–Crippen MR) is 493 cm³/mol. The van der Waals surface area contributed by atoms with E-state index in [2.05, 4.69) is 118 Å². The summed E-state index contributed by atoms with van der Waals surface area (Å²) in [5.41, 5.74) is 8.31. The van der Waals surface area contributed by atoms with Crippen LogP contribution in [0.25, 0.3) is 33.5 Å². The number of aromatic nitrogens is 12. The molecule has 31 heteroatoms. The number of carbonyl (C=O) groups is 6. The zero-order valence-electron chi connectivity index (χ0n) is 76.7. The number of rotatable bonds is 30. The topological polar surface area (TPSA) is 348 Å². The van der Waals surface area contributed by atoms with Crippen LogP contribution in [0.3, 0.4) is 0 Å². The normalized spacial score (nSPS) is 14.1. The molecule has 11 aromatic rings. The first-order chi connectivity index (χ1) is 61.4. The van der Waals surface area contributed by atoms with Gasteiger partial charge in [0.1, 0.15) is 42.2 Å². The Morgan fingerprint density at radius 3 is 1.02 bits per heavy atom. The van der Waals surface area contributed by atoms with Crippen molar-refractivity contribution in [2.75, 3.05) is 57.0 Å². The molecule has 14 rings (SSSR count). The van der Waals surface area contributed by atoms with Crippen LogP contribution in [-0.4, -0.2) is 138 Å². The van der Waals surface area contributed by atoms with Gasteiger partial charge in [0.2, 0.25) is 17.8 Å². The number of benzene rings is 4. The van der Waals surface area contributed by atoms with E-state index in [1.165, 1.54) is 140 Å². The molecule has 3 N–H and O–H groups in total. The van der Waals surface area contributed by atoms with Gasteiger partial charge in [0.05, 0.1) is 71.2 Å². The number of nitrogens with one attached hydrogen (secondary N) is 3. The van der Waals surface area contributed by atoms with Crippen molar-refractivity contribution in [3.8, 4) is 0 Å². The van der Waals surface area contributed by atoms with Gasteiger partial charge in [0.25, 0.3) is 0 Å². The van der Waals surface area contributed by atoms with Crippen molar-refractivity contribution in [3.63, 3.8) is 0 Å². The lowest BCUT2D eigenvalue weighted by Crippen LogP contribution is -2.37. The molecular weight excluding hydrogens is 1630 g/mol. The van der Waals surface area contributed by atoms with Gasteiger partial charge in [-0.15, -0.1) is 0 Å². The van der Waals surface area contributed by atoms with E-state index in [0.717, 1.165) is 22.3 Å². The summed E-state index contributed by atoms with van der Waals surface area (Å²) in [6.07, 6.45) is 23.3. The molecule has 7 heterocycles. The molecule has 128 heavy (non-hydrogen) atoms. The SMILES string of the molecule is CCOC(=O)Cn1cnc2c(NCC(C)C)nc(N(Cc3ccc(C4CCCCC4)cc3)C(=O)OC(C)(C)C)nc21.CCOC(=O)Cn1cnc2c(NCc3ccccc3)nc(N(Cc3ccc(C4CCCCC4)cc3)C(=O)OC(C)(C)C)nc21.CCOC(=O)Cn1cnc2c(NCc3ccco3)nc(N(Cc3ccc(C4CCCCC4)cc3)C(=O)OC(C)(C)C)nc21. The van der Waals surface area contributed by atoms with Crippen LogP contribution in [0.4, 0.5) is 49.7 Å². The van der Waals surface area contributed by atoms with Gasteiger partial charge < -0.3 is 62.5 Å². The summed E-state index contributed by atoms with van der Waals surface area (Å²) in [7, 11) is 0. The van der Waals surface area contributed by atoms with E-state index in [0.29, 0.717) is 100 Å². The largest absolute Gasteiger partial charge is 0.467 e. The first-order valence-electron chi connectivity index (χ1n) is 45.1. The maximum absolute atomic E-state index is 13.7. The van der Waals surface area contributed by atoms with Crippen molar-refractivity contribution in [2.24, 2.45) is 5.92 Å². The summed E-state index contributed by atoms with van der Waals surface area (Å²) in [5.74, 6) is 3.32. The zero-order chi connectivity index (χ0) is 91.1. The molecular formula is C97H126N18O13. The van der Waals surface area contributed by atoms with Crippen LogP contribution in [0, 0.1) is 5.92 Å². The third kappa shape index (κ3) is 27.0. The van der Waals surface area contributed by atoms with E-state index in [1.807, 2.05) is 98.7 Å². The van der Waals surface area contributed by atoms with Gasteiger partial charge in [-0.3, -0.25) is 14.4 Å². The Kier molecular flexibility index (Phi) is 32.7. The molecule has 0 unspecified atom stereocenters. The number of fused-ring (bicyclic) bond motifs is 3. The number of amides is 3. The Morgan fingerprint density at radius 1 is 0.398 bits per heavy atom. The molecule has 7 aromatic heterocycles. The first-order valence-corrected chi connectivity index (χ1v) is 45.1. The molecule has 0 spiro atoms. The van der Waals surface area contributed by atoms with E-state index in [4.69, 9.17) is 62.7 Å². The minimum atomic E-state index is -0.740. The fourth-order valence-corrected chi connectivity index (χ4v) is 15.7. The molecule has 4 aromatic carbocycles. The summed E-state index contributed by atoms with van der Waals surface area (Å²) in [6.45, 7) is 28.5. The number of carbonyl (C=O) groups excluding carboxylic acids is 6. The predicted octanol–water partition coefficient (Wildman–Crippen LogP) is 20.0. The number of hydrogen-bond donors (Lipinski definition) is 3. The highest BCUT2D eigenvalue weighted by Crippen LogP contribution is 2.38. The molecule has 0 bridgehead atoms. The molecule has 0 radical (unpaired) electrons. The molecule has 3 aliphatic carbocycles. The van der Waals surface area contributed by atoms with E-state index >= 15 is 0 Å². The molecule has 3 amide bonds. The summed E-state index contributed by atoms with van der Waals surface area (Å²) >= 11 is 0.